The monoisotopic (exact) mass is 395 g/mol. The number of rotatable bonds is 6. The second-order valence-corrected chi connectivity index (χ2v) is 7.02. The molecule has 2 aromatic heterocycles. The van der Waals surface area contributed by atoms with Crippen LogP contribution in [0.25, 0.3) is 11.2 Å². The smallest absolute Gasteiger partial charge is 0.314 e. The van der Waals surface area contributed by atoms with Crippen molar-refractivity contribution in [1.82, 2.24) is 30.2 Å². The zero-order valence-corrected chi connectivity index (χ0v) is 15.8. The summed E-state index contributed by atoms with van der Waals surface area (Å²) in [7, 11) is 1.46. The lowest BCUT2D eigenvalue weighted by atomic mass is 10.1. The van der Waals surface area contributed by atoms with Crippen molar-refractivity contribution in [3.63, 3.8) is 0 Å². The standard InChI is InChI=1S/C16H25N7O5/c1-7(2)4-18-15-21-12-9(13(26)22-15)20-6-23(12)14-11(25)10(24)8(28-14)5-19-16(27)17-3/h6-8,10-11,14,24-25H,4-5H2,1-3H3,(H2,17,19,27)(H2,18,21,22,26)/t8-,10?,11+,14-/m1/s1. The molecule has 154 valence electrons. The fraction of sp³-hybridized carbons (Fsp3) is 0.625. The number of imidazole rings is 1. The first-order chi connectivity index (χ1) is 13.3. The van der Waals surface area contributed by atoms with E-state index in [1.165, 1.54) is 17.9 Å². The van der Waals surface area contributed by atoms with Crippen molar-refractivity contribution in [2.24, 2.45) is 5.92 Å². The van der Waals surface area contributed by atoms with Gasteiger partial charge >= 0.3 is 6.03 Å². The Kier molecular flexibility index (Phi) is 5.82. The minimum Gasteiger partial charge on any atom is -0.387 e. The van der Waals surface area contributed by atoms with Crippen LogP contribution < -0.4 is 21.5 Å². The van der Waals surface area contributed by atoms with Crippen LogP contribution in [0, 0.1) is 5.92 Å². The van der Waals surface area contributed by atoms with Gasteiger partial charge in [-0.25, -0.2) is 9.78 Å². The SMILES string of the molecule is CNC(=O)NC[C@H]1O[C@@H](n2cnc3c(=O)[nH]c(NCC(C)C)nc32)[C@@H](O)C1O. The van der Waals surface area contributed by atoms with Crippen LogP contribution in [0.15, 0.2) is 11.1 Å². The number of aromatic amines is 1. The molecule has 0 bridgehead atoms. The lowest BCUT2D eigenvalue weighted by molar-refractivity contribution is -0.0335. The van der Waals surface area contributed by atoms with Crippen molar-refractivity contribution in [2.45, 2.75) is 38.4 Å². The van der Waals surface area contributed by atoms with Crippen molar-refractivity contribution in [3.8, 4) is 0 Å². The highest BCUT2D eigenvalue weighted by Crippen LogP contribution is 2.30. The van der Waals surface area contributed by atoms with E-state index in [9.17, 15) is 19.8 Å². The first-order valence-electron chi connectivity index (χ1n) is 8.99. The van der Waals surface area contributed by atoms with Gasteiger partial charge in [-0.3, -0.25) is 14.3 Å². The van der Waals surface area contributed by atoms with Crippen LogP contribution in [0.1, 0.15) is 20.1 Å². The van der Waals surface area contributed by atoms with E-state index < -0.39 is 36.1 Å². The number of aromatic nitrogens is 4. The van der Waals surface area contributed by atoms with E-state index >= 15 is 0 Å². The van der Waals surface area contributed by atoms with Crippen molar-refractivity contribution in [2.75, 3.05) is 25.5 Å². The molecule has 0 spiro atoms. The van der Waals surface area contributed by atoms with Crippen molar-refractivity contribution in [3.05, 3.63) is 16.7 Å². The third kappa shape index (κ3) is 3.93. The van der Waals surface area contributed by atoms with Gasteiger partial charge in [-0.15, -0.1) is 0 Å². The van der Waals surface area contributed by atoms with E-state index in [4.69, 9.17) is 4.74 Å². The summed E-state index contributed by atoms with van der Waals surface area (Å²) in [5.74, 6) is 0.619. The summed E-state index contributed by atoms with van der Waals surface area (Å²) in [6.07, 6.45) is -3.05. The number of carbonyl (C=O) groups excluding carboxylic acids is 1. The number of nitrogens with one attached hydrogen (secondary N) is 4. The molecule has 4 atom stereocenters. The lowest BCUT2D eigenvalue weighted by Gasteiger charge is -2.17. The number of H-pyrrole nitrogens is 1. The molecule has 3 heterocycles. The van der Waals surface area contributed by atoms with Crippen LogP contribution in [0.4, 0.5) is 10.7 Å². The van der Waals surface area contributed by atoms with Gasteiger partial charge in [0.1, 0.15) is 18.3 Å². The van der Waals surface area contributed by atoms with Gasteiger partial charge in [0.15, 0.2) is 17.4 Å². The van der Waals surface area contributed by atoms with Gasteiger partial charge in [-0.2, -0.15) is 4.98 Å². The van der Waals surface area contributed by atoms with E-state index in [2.05, 4.69) is 30.9 Å². The minimum atomic E-state index is -1.29. The molecule has 6 N–H and O–H groups in total. The number of hydrogen-bond donors (Lipinski definition) is 6. The molecule has 28 heavy (non-hydrogen) atoms. The van der Waals surface area contributed by atoms with Crippen LogP contribution in [0.5, 0.6) is 0 Å². The maximum atomic E-state index is 12.3. The molecule has 0 aromatic carbocycles. The number of carbonyl (C=O) groups is 1. The quantitative estimate of drug-likeness (QED) is 0.352. The Morgan fingerprint density at radius 2 is 2.14 bits per heavy atom. The highest BCUT2D eigenvalue weighted by atomic mass is 16.6. The third-order valence-electron chi connectivity index (χ3n) is 4.41. The fourth-order valence-corrected chi connectivity index (χ4v) is 2.91. The molecule has 0 saturated carbocycles. The fourth-order valence-electron chi connectivity index (χ4n) is 2.91. The Hall–Kier alpha value is -2.70. The summed E-state index contributed by atoms with van der Waals surface area (Å²) in [4.78, 5) is 34.6. The molecular weight excluding hydrogens is 370 g/mol. The predicted octanol–water partition coefficient (Wildman–Crippen LogP) is -1.26. The molecule has 1 unspecified atom stereocenters. The Bertz CT molecular complexity index is 895. The Morgan fingerprint density at radius 1 is 1.39 bits per heavy atom. The predicted molar refractivity (Wildman–Crippen MR) is 99.9 cm³/mol. The second kappa shape index (κ2) is 8.12. The lowest BCUT2D eigenvalue weighted by Crippen LogP contribution is -2.42. The molecule has 1 aliphatic rings. The van der Waals surface area contributed by atoms with Crippen LogP contribution in [0.2, 0.25) is 0 Å². The van der Waals surface area contributed by atoms with Gasteiger partial charge < -0.3 is 30.9 Å². The number of urea groups is 1. The van der Waals surface area contributed by atoms with Crippen LogP contribution in [-0.2, 0) is 4.74 Å². The number of anilines is 1. The van der Waals surface area contributed by atoms with E-state index in [1.54, 1.807) is 0 Å². The van der Waals surface area contributed by atoms with Gasteiger partial charge in [0.25, 0.3) is 5.56 Å². The van der Waals surface area contributed by atoms with Gasteiger partial charge in [0, 0.05) is 20.1 Å². The van der Waals surface area contributed by atoms with Gasteiger partial charge in [-0.1, -0.05) is 13.8 Å². The average molecular weight is 395 g/mol. The molecule has 1 fully saturated rings. The van der Waals surface area contributed by atoms with Crippen molar-refractivity contribution in [1.29, 1.82) is 0 Å². The molecule has 1 saturated heterocycles. The highest BCUT2D eigenvalue weighted by Gasteiger charge is 2.44. The molecule has 0 radical (unpaired) electrons. The molecule has 2 aromatic rings. The number of amides is 2. The number of fused-ring (bicyclic) bond motifs is 1. The second-order valence-electron chi connectivity index (χ2n) is 7.02. The summed E-state index contributed by atoms with van der Waals surface area (Å²) in [6.45, 7) is 4.64. The maximum Gasteiger partial charge on any atom is 0.314 e. The van der Waals surface area contributed by atoms with Crippen LogP contribution in [-0.4, -0.2) is 74.2 Å². The Morgan fingerprint density at radius 3 is 2.82 bits per heavy atom. The topological polar surface area (TPSA) is 166 Å². The Balaban J connectivity index is 1.86. The number of aliphatic hydroxyl groups excluding tert-OH is 2. The van der Waals surface area contributed by atoms with Crippen LogP contribution >= 0.6 is 0 Å². The Labute approximate surface area is 160 Å². The number of hydrogen-bond acceptors (Lipinski definition) is 8. The van der Waals surface area contributed by atoms with Gasteiger partial charge in [-0.05, 0) is 5.92 Å². The average Bonchev–Trinajstić information content (AvgIpc) is 3.20. The maximum absolute atomic E-state index is 12.3. The zero-order valence-electron chi connectivity index (χ0n) is 15.8. The number of nitrogens with zero attached hydrogens (tertiary/aromatic N) is 3. The molecule has 12 nitrogen and oxygen atoms in total. The minimum absolute atomic E-state index is 0.00373. The summed E-state index contributed by atoms with van der Waals surface area (Å²) < 4.78 is 7.12. The normalized spacial score (nSPS) is 24.6. The van der Waals surface area contributed by atoms with E-state index in [0.717, 1.165) is 0 Å². The molecule has 3 rings (SSSR count). The molecule has 0 aliphatic carbocycles. The van der Waals surface area contributed by atoms with E-state index in [0.29, 0.717) is 12.5 Å². The molecule has 12 heteroatoms. The summed E-state index contributed by atoms with van der Waals surface area (Å²) >= 11 is 0. The third-order valence-corrected chi connectivity index (χ3v) is 4.41. The number of ether oxygens (including phenoxy) is 1. The van der Waals surface area contributed by atoms with E-state index in [1.807, 2.05) is 13.8 Å². The van der Waals surface area contributed by atoms with Gasteiger partial charge in [0.05, 0.1) is 6.33 Å². The molecule has 1 aliphatic heterocycles. The van der Waals surface area contributed by atoms with Crippen molar-refractivity contribution >= 4 is 23.1 Å². The molecule has 2 amide bonds. The first kappa shape index (κ1) is 20.0. The summed E-state index contributed by atoms with van der Waals surface area (Å²) in [6, 6.07) is -0.434. The first-order valence-corrected chi connectivity index (χ1v) is 8.99. The van der Waals surface area contributed by atoms with Crippen molar-refractivity contribution < 1.29 is 19.7 Å². The van der Waals surface area contributed by atoms with Gasteiger partial charge in [0.2, 0.25) is 5.95 Å². The number of aliphatic hydroxyl groups is 2. The highest BCUT2D eigenvalue weighted by molar-refractivity contribution is 5.73. The summed E-state index contributed by atoms with van der Waals surface area (Å²) in [5.41, 5.74) is -0.126. The largest absolute Gasteiger partial charge is 0.387 e. The van der Waals surface area contributed by atoms with Crippen LogP contribution in [0.3, 0.4) is 0 Å². The molecular formula is C16H25N7O5. The summed E-state index contributed by atoms with van der Waals surface area (Å²) in [5, 5.41) is 28.6. The van der Waals surface area contributed by atoms with E-state index in [-0.39, 0.29) is 23.7 Å². The zero-order chi connectivity index (χ0) is 20.4.